The number of thioether (sulfide) groups is 1. The lowest BCUT2D eigenvalue weighted by atomic mass is 9.91. The topological polar surface area (TPSA) is 29.5 Å². The first-order valence-electron chi connectivity index (χ1n) is 6.04. The molecule has 1 N–H and O–H groups in total. The minimum absolute atomic E-state index is 0.324. The van der Waals surface area contributed by atoms with E-state index < -0.39 is 0 Å². The monoisotopic (exact) mass is 252 g/mol. The molecule has 1 aliphatic rings. The van der Waals surface area contributed by atoms with Crippen LogP contribution in [0.15, 0.2) is 12.1 Å². The maximum Gasteiger partial charge on any atom is 0.122 e. The normalized spacial score (nSPS) is 21.5. The van der Waals surface area contributed by atoms with Gasteiger partial charge in [-0.1, -0.05) is 0 Å². The summed E-state index contributed by atoms with van der Waals surface area (Å²) in [6.45, 7) is 4.07. The molecule has 0 bridgehead atoms. The lowest BCUT2D eigenvalue weighted by Gasteiger charge is -2.21. The minimum Gasteiger partial charge on any atom is -0.496 e. The first-order valence-corrected chi connectivity index (χ1v) is 7.20. The number of aliphatic hydroxyl groups excluding tert-OH is 1. The molecule has 1 aromatic carbocycles. The molecule has 2 unspecified atom stereocenters. The maximum atomic E-state index is 10.4. The summed E-state index contributed by atoms with van der Waals surface area (Å²) >= 11 is 1.94. The van der Waals surface area contributed by atoms with Crippen LogP contribution in [-0.4, -0.2) is 23.7 Å². The van der Waals surface area contributed by atoms with Gasteiger partial charge in [-0.2, -0.15) is 11.8 Å². The van der Waals surface area contributed by atoms with Crippen molar-refractivity contribution < 1.29 is 9.84 Å². The van der Waals surface area contributed by atoms with E-state index >= 15 is 0 Å². The smallest absolute Gasteiger partial charge is 0.122 e. The fourth-order valence-corrected chi connectivity index (χ4v) is 3.69. The van der Waals surface area contributed by atoms with E-state index in [0.717, 1.165) is 34.6 Å². The molecule has 17 heavy (non-hydrogen) atoms. The van der Waals surface area contributed by atoms with Crippen LogP contribution in [0.1, 0.15) is 29.2 Å². The largest absolute Gasteiger partial charge is 0.496 e. The van der Waals surface area contributed by atoms with E-state index in [0.29, 0.717) is 5.92 Å². The summed E-state index contributed by atoms with van der Waals surface area (Å²) in [4.78, 5) is 0. The Morgan fingerprint density at radius 1 is 1.35 bits per heavy atom. The Kier molecular flexibility index (Phi) is 4.00. The number of benzene rings is 1. The molecule has 1 aliphatic heterocycles. The average molecular weight is 252 g/mol. The van der Waals surface area contributed by atoms with E-state index in [-0.39, 0.29) is 6.10 Å². The first-order chi connectivity index (χ1) is 8.13. The fourth-order valence-electron chi connectivity index (χ4n) is 2.41. The van der Waals surface area contributed by atoms with Crippen molar-refractivity contribution in [3.05, 3.63) is 28.8 Å². The zero-order valence-corrected chi connectivity index (χ0v) is 11.5. The molecule has 94 valence electrons. The van der Waals surface area contributed by atoms with Crippen LogP contribution in [-0.2, 0) is 0 Å². The Balaban J connectivity index is 2.28. The highest BCUT2D eigenvalue weighted by atomic mass is 32.2. The molecule has 0 spiro atoms. The molecule has 1 heterocycles. The van der Waals surface area contributed by atoms with Gasteiger partial charge in [-0.05, 0) is 66.5 Å². The third-order valence-corrected chi connectivity index (χ3v) is 4.70. The standard InChI is InChI=1S/C14H20O2S/c1-9-7-13(16-3)10(2)6-12(9)14(15)11-4-5-17-8-11/h6-7,11,14-15H,4-5,8H2,1-3H3. The number of aliphatic hydroxyl groups is 1. The lowest BCUT2D eigenvalue weighted by molar-refractivity contribution is 0.120. The van der Waals surface area contributed by atoms with Crippen molar-refractivity contribution in [3.8, 4) is 5.75 Å². The van der Waals surface area contributed by atoms with E-state index in [1.165, 1.54) is 5.75 Å². The van der Waals surface area contributed by atoms with Gasteiger partial charge in [0.1, 0.15) is 5.75 Å². The van der Waals surface area contributed by atoms with Gasteiger partial charge in [0, 0.05) is 0 Å². The molecule has 3 heteroatoms. The summed E-state index contributed by atoms with van der Waals surface area (Å²) in [5.41, 5.74) is 3.28. The number of ether oxygens (including phenoxy) is 1. The van der Waals surface area contributed by atoms with Gasteiger partial charge in [-0.25, -0.2) is 0 Å². The van der Waals surface area contributed by atoms with Crippen molar-refractivity contribution in [3.63, 3.8) is 0 Å². The molecule has 2 rings (SSSR count). The Labute approximate surface area is 107 Å². The number of rotatable bonds is 3. The summed E-state index contributed by atoms with van der Waals surface area (Å²) in [6.07, 6.45) is 0.797. The highest BCUT2D eigenvalue weighted by molar-refractivity contribution is 7.99. The number of methoxy groups -OCH3 is 1. The second kappa shape index (κ2) is 5.32. The van der Waals surface area contributed by atoms with Crippen LogP contribution in [0.25, 0.3) is 0 Å². The molecule has 0 aromatic heterocycles. The SMILES string of the molecule is COc1cc(C)c(C(O)C2CCSC2)cc1C. The summed E-state index contributed by atoms with van der Waals surface area (Å²) in [7, 11) is 1.69. The van der Waals surface area contributed by atoms with E-state index in [1.54, 1.807) is 7.11 Å². The van der Waals surface area contributed by atoms with E-state index in [9.17, 15) is 5.11 Å². The third kappa shape index (κ3) is 2.61. The van der Waals surface area contributed by atoms with Crippen molar-refractivity contribution in [2.75, 3.05) is 18.6 Å². The fraction of sp³-hybridized carbons (Fsp3) is 0.571. The summed E-state index contributed by atoms with van der Waals surface area (Å²) < 4.78 is 5.30. The van der Waals surface area contributed by atoms with Crippen LogP contribution in [0.4, 0.5) is 0 Å². The number of hydrogen-bond donors (Lipinski definition) is 1. The van der Waals surface area contributed by atoms with Crippen molar-refractivity contribution in [1.82, 2.24) is 0 Å². The van der Waals surface area contributed by atoms with E-state index in [1.807, 2.05) is 31.7 Å². The van der Waals surface area contributed by atoms with Gasteiger partial charge in [-0.3, -0.25) is 0 Å². The van der Waals surface area contributed by atoms with Crippen LogP contribution in [0, 0.1) is 19.8 Å². The van der Waals surface area contributed by atoms with Gasteiger partial charge in [0.05, 0.1) is 13.2 Å². The molecule has 0 radical (unpaired) electrons. The van der Waals surface area contributed by atoms with Gasteiger partial charge in [-0.15, -0.1) is 0 Å². The van der Waals surface area contributed by atoms with Crippen LogP contribution in [0.3, 0.4) is 0 Å². The lowest BCUT2D eigenvalue weighted by Crippen LogP contribution is -2.13. The number of hydrogen-bond acceptors (Lipinski definition) is 3. The van der Waals surface area contributed by atoms with Crippen LogP contribution < -0.4 is 4.74 Å². The highest BCUT2D eigenvalue weighted by Gasteiger charge is 2.26. The molecule has 0 saturated carbocycles. The van der Waals surface area contributed by atoms with Crippen molar-refractivity contribution >= 4 is 11.8 Å². The Bertz CT molecular complexity index is 397. The molecule has 1 aromatic rings. The van der Waals surface area contributed by atoms with Gasteiger partial charge in [0.25, 0.3) is 0 Å². The minimum atomic E-state index is -0.324. The first kappa shape index (κ1) is 12.8. The van der Waals surface area contributed by atoms with Crippen molar-refractivity contribution in [2.45, 2.75) is 26.4 Å². The molecular weight excluding hydrogens is 232 g/mol. The van der Waals surface area contributed by atoms with Crippen LogP contribution >= 0.6 is 11.8 Å². The second-order valence-electron chi connectivity index (χ2n) is 4.75. The molecular formula is C14H20O2S. The summed E-state index contributed by atoms with van der Waals surface area (Å²) in [5.74, 6) is 3.56. The summed E-state index contributed by atoms with van der Waals surface area (Å²) in [5, 5.41) is 10.4. The zero-order valence-electron chi connectivity index (χ0n) is 10.7. The predicted molar refractivity (Wildman–Crippen MR) is 72.9 cm³/mol. The van der Waals surface area contributed by atoms with E-state index in [2.05, 4.69) is 6.07 Å². The molecule has 2 nitrogen and oxygen atoms in total. The van der Waals surface area contributed by atoms with Gasteiger partial charge in [0.15, 0.2) is 0 Å². The highest BCUT2D eigenvalue weighted by Crippen LogP contribution is 2.36. The molecule has 0 aliphatic carbocycles. The molecule has 1 saturated heterocycles. The maximum absolute atomic E-state index is 10.4. The molecule has 2 atom stereocenters. The quantitative estimate of drug-likeness (QED) is 0.896. The second-order valence-corrected chi connectivity index (χ2v) is 5.90. The Morgan fingerprint density at radius 3 is 2.71 bits per heavy atom. The number of aryl methyl sites for hydroxylation is 2. The van der Waals surface area contributed by atoms with Crippen LogP contribution in [0.5, 0.6) is 5.75 Å². The Hall–Kier alpha value is -0.670. The van der Waals surface area contributed by atoms with E-state index in [4.69, 9.17) is 4.74 Å². The van der Waals surface area contributed by atoms with Gasteiger partial charge >= 0.3 is 0 Å². The molecule has 1 fully saturated rings. The average Bonchev–Trinajstić information content (AvgIpc) is 2.84. The summed E-state index contributed by atoms with van der Waals surface area (Å²) in [6, 6.07) is 4.10. The van der Waals surface area contributed by atoms with Crippen molar-refractivity contribution in [2.24, 2.45) is 5.92 Å². The zero-order chi connectivity index (χ0) is 12.4. The van der Waals surface area contributed by atoms with Gasteiger partial charge in [0.2, 0.25) is 0 Å². The Morgan fingerprint density at radius 2 is 2.12 bits per heavy atom. The van der Waals surface area contributed by atoms with Crippen molar-refractivity contribution in [1.29, 1.82) is 0 Å². The van der Waals surface area contributed by atoms with Gasteiger partial charge < -0.3 is 9.84 Å². The predicted octanol–water partition coefficient (Wildman–Crippen LogP) is 3.10. The molecule has 0 amide bonds. The third-order valence-electron chi connectivity index (χ3n) is 3.51. The van der Waals surface area contributed by atoms with Crippen LogP contribution in [0.2, 0.25) is 0 Å².